The van der Waals surface area contributed by atoms with Gasteiger partial charge in [0.15, 0.2) is 0 Å². The van der Waals surface area contributed by atoms with Gasteiger partial charge in [0.05, 0.1) is 10.6 Å². The van der Waals surface area contributed by atoms with Crippen molar-refractivity contribution in [1.82, 2.24) is 0 Å². The molecule has 3 rings (SSSR count). The molecule has 1 heterocycles. The summed E-state index contributed by atoms with van der Waals surface area (Å²) in [6.07, 6.45) is -0.441. The second-order valence-corrected chi connectivity index (χ2v) is 6.85. The number of fused-ring (bicyclic) bond motifs is 1. The van der Waals surface area contributed by atoms with Gasteiger partial charge in [-0.15, -0.1) is 11.8 Å². The molecule has 0 spiro atoms. The number of ether oxygens (including phenoxy) is 1. The highest BCUT2D eigenvalue weighted by Crippen LogP contribution is 2.36. The molecule has 5 heteroatoms. The van der Waals surface area contributed by atoms with Crippen molar-refractivity contribution < 1.29 is 14.2 Å². The lowest BCUT2D eigenvalue weighted by Gasteiger charge is -2.29. The Hall–Kier alpha value is -1.04. The monoisotopic (exact) mass is 368 g/mol. The lowest BCUT2D eigenvalue weighted by Crippen LogP contribution is -2.37. The van der Waals surface area contributed by atoms with E-state index in [1.54, 1.807) is 23.9 Å². The van der Waals surface area contributed by atoms with Crippen LogP contribution in [0.5, 0.6) is 5.75 Å². The van der Waals surface area contributed by atoms with Crippen LogP contribution < -0.4 is 4.74 Å². The van der Waals surface area contributed by atoms with Crippen LogP contribution in [0.25, 0.3) is 0 Å². The number of benzene rings is 2. The standard InChI is InChI=1S/C16H14BrFO2S/c17-11-7-10(5-6-12(11)18)8-13(19)15-9-21-16-4-2-1-3-14(16)20-15/h1-7,13,15,19H,8-9H2. The molecule has 2 aromatic rings. The molecule has 2 aromatic carbocycles. The second kappa shape index (κ2) is 6.38. The molecule has 2 unspecified atom stereocenters. The maximum Gasteiger partial charge on any atom is 0.137 e. The summed E-state index contributed by atoms with van der Waals surface area (Å²) in [6, 6.07) is 12.6. The summed E-state index contributed by atoms with van der Waals surface area (Å²) in [6.45, 7) is 0. The van der Waals surface area contributed by atoms with Gasteiger partial charge in [-0.05, 0) is 45.8 Å². The zero-order chi connectivity index (χ0) is 14.8. The number of aliphatic hydroxyl groups is 1. The molecule has 0 saturated carbocycles. The molecule has 0 radical (unpaired) electrons. The van der Waals surface area contributed by atoms with E-state index in [0.29, 0.717) is 16.6 Å². The Morgan fingerprint density at radius 3 is 2.95 bits per heavy atom. The summed E-state index contributed by atoms with van der Waals surface area (Å²) in [5.41, 5.74) is 0.878. The minimum atomic E-state index is -0.622. The number of hydrogen-bond acceptors (Lipinski definition) is 3. The van der Waals surface area contributed by atoms with Crippen molar-refractivity contribution in [1.29, 1.82) is 0 Å². The fraction of sp³-hybridized carbons (Fsp3) is 0.250. The third-order valence-electron chi connectivity index (χ3n) is 3.39. The number of thioether (sulfide) groups is 1. The molecule has 0 bridgehead atoms. The van der Waals surface area contributed by atoms with Crippen molar-refractivity contribution in [2.45, 2.75) is 23.5 Å². The Bertz CT molecular complexity index is 650. The van der Waals surface area contributed by atoms with Gasteiger partial charge >= 0.3 is 0 Å². The van der Waals surface area contributed by atoms with E-state index in [9.17, 15) is 9.50 Å². The molecule has 0 aliphatic carbocycles. The van der Waals surface area contributed by atoms with Gasteiger partial charge in [-0.3, -0.25) is 0 Å². The number of aliphatic hydroxyl groups excluding tert-OH is 1. The quantitative estimate of drug-likeness (QED) is 0.886. The number of para-hydroxylation sites is 1. The summed E-state index contributed by atoms with van der Waals surface area (Å²) < 4.78 is 19.5. The highest BCUT2D eigenvalue weighted by atomic mass is 79.9. The van der Waals surface area contributed by atoms with E-state index in [1.165, 1.54) is 6.07 Å². The van der Waals surface area contributed by atoms with Crippen molar-refractivity contribution in [2.24, 2.45) is 0 Å². The van der Waals surface area contributed by atoms with Crippen molar-refractivity contribution in [3.63, 3.8) is 0 Å². The summed E-state index contributed by atoms with van der Waals surface area (Å²) in [4.78, 5) is 1.10. The summed E-state index contributed by atoms with van der Waals surface area (Å²) >= 11 is 4.85. The lowest BCUT2D eigenvalue weighted by atomic mass is 10.0. The van der Waals surface area contributed by atoms with Crippen molar-refractivity contribution >= 4 is 27.7 Å². The topological polar surface area (TPSA) is 29.5 Å². The highest BCUT2D eigenvalue weighted by molar-refractivity contribution is 9.10. The summed E-state index contributed by atoms with van der Waals surface area (Å²) in [5, 5.41) is 10.4. The molecule has 0 saturated heterocycles. The van der Waals surface area contributed by atoms with Crippen LogP contribution in [0.15, 0.2) is 51.8 Å². The molecule has 0 amide bonds. The lowest BCUT2D eigenvalue weighted by molar-refractivity contribution is 0.0468. The van der Waals surface area contributed by atoms with E-state index in [4.69, 9.17) is 4.74 Å². The van der Waals surface area contributed by atoms with E-state index >= 15 is 0 Å². The van der Waals surface area contributed by atoms with Crippen molar-refractivity contribution in [3.05, 3.63) is 58.3 Å². The summed E-state index contributed by atoms with van der Waals surface area (Å²) in [5.74, 6) is 1.23. The summed E-state index contributed by atoms with van der Waals surface area (Å²) in [7, 11) is 0. The third kappa shape index (κ3) is 3.42. The van der Waals surface area contributed by atoms with Crippen LogP contribution in [-0.2, 0) is 6.42 Å². The Morgan fingerprint density at radius 2 is 2.14 bits per heavy atom. The predicted octanol–water partition coefficient (Wildman–Crippen LogP) is 4.04. The Balaban J connectivity index is 1.69. The molecule has 1 aliphatic rings. The number of hydrogen-bond donors (Lipinski definition) is 1. The van der Waals surface area contributed by atoms with Gasteiger partial charge < -0.3 is 9.84 Å². The van der Waals surface area contributed by atoms with Crippen LogP contribution in [0.3, 0.4) is 0 Å². The van der Waals surface area contributed by atoms with Crippen LogP contribution >= 0.6 is 27.7 Å². The molecule has 0 aromatic heterocycles. The zero-order valence-corrected chi connectivity index (χ0v) is 13.5. The van der Waals surface area contributed by atoms with Crippen LogP contribution in [0.2, 0.25) is 0 Å². The SMILES string of the molecule is OC(Cc1ccc(F)c(Br)c1)C1CSc2ccccc2O1. The predicted molar refractivity (Wildman–Crippen MR) is 85.4 cm³/mol. The minimum Gasteiger partial charge on any atom is -0.486 e. The van der Waals surface area contributed by atoms with Crippen molar-refractivity contribution in [3.8, 4) is 5.75 Å². The average molecular weight is 369 g/mol. The van der Waals surface area contributed by atoms with E-state index in [2.05, 4.69) is 15.9 Å². The molecule has 0 fully saturated rings. The average Bonchev–Trinajstić information content (AvgIpc) is 2.50. The van der Waals surface area contributed by atoms with E-state index in [1.807, 2.05) is 24.3 Å². The molecule has 2 nitrogen and oxygen atoms in total. The Labute approximate surface area is 135 Å². The minimum absolute atomic E-state index is 0.256. The molecule has 1 N–H and O–H groups in total. The number of rotatable bonds is 3. The van der Waals surface area contributed by atoms with E-state index < -0.39 is 6.10 Å². The van der Waals surface area contributed by atoms with Gasteiger partial charge in [0.1, 0.15) is 17.7 Å². The van der Waals surface area contributed by atoms with Crippen molar-refractivity contribution in [2.75, 3.05) is 5.75 Å². The third-order valence-corrected chi connectivity index (χ3v) is 5.14. The van der Waals surface area contributed by atoms with Crippen LogP contribution in [0.1, 0.15) is 5.56 Å². The molecular formula is C16H14BrFO2S. The largest absolute Gasteiger partial charge is 0.486 e. The van der Waals surface area contributed by atoms with Gasteiger partial charge in [-0.2, -0.15) is 0 Å². The maximum atomic E-state index is 13.2. The van der Waals surface area contributed by atoms with Crippen LogP contribution in [0, 0.1) is 5.82 Å². The molecule has 21 heavy (non-hydrogen) atoms. The van der Waals surface area contributed by atoms with Gasteiger partial charge in [-0.25, -0.2) is 4.39 Å². The highest BCUT2D eigenvalue weighted by Gasteiger charge is 2.26. The van der Waals surface area contributed by atoms with Gasteiger partial charge in [0.2, 0.25) is 0 Å². The smallest absolute Gasteiger partial charge is 0.137 e. The van der Waals surface area contributed by atoms with Gasteiger partial charge in [0.25, 0.3) is 0 Å². The Morgan fingerprint density at radius 1 is 1.33 bits per heavy atom. The first-order valence-electron chi connectivity index (χ1n) is 6.64. The zero-order valence-electron chi connectivity index (χ0n) is 11.1. The molecule has 2 atom stereocenters. The van der Waals surface area contributed by atoms with Crippen LogP contribution in [0.4, 0.5) is 4.39 Å². The fourth-order valence-corrected chi connectivity index (χ4v) is 3.76. The first-order valence-corrected chi connectivity index (χ1v) is 8.42. The maximum absolute atomic E-state index is 13.2. The molecule has 110 valence electrons. The normalized spacial score (nSPS) is 18.7. The first kappa shape index (κ1) is 14.9. The first-order chi connectivity index (χ1) is 10.1. The van der Waals surface area contributed by atoms with Gasteiger partial charge in [-0.1, -0.05) is 18.2 Å². The Kier molecular flexibility index (Phi) is 4.52. The van der Waals surface area contributed by atoms with Crippen LogP contribution in [-0.4, -0.2) is 23.1 Å². The van der Waals surface area contributed by atoms with E-state index in [-0.39, 0.29) is 11.9 Å². The molecular weight excluding hydrogens is 355 g/mol. The fourth-order valence-electron chi connectivity index (χ4n) is 2.26. The molecule has 1 aliphatic heterocycles. The van der Waals surface area contributed by atoms with Gasteiger partial charge in [0, 0.05) is 17.1 Å². The number of halogens is 2. The van der Waals surface area contributed by atoms with E-state index in [0.717, 1.165) is 16.2 Å². The second-order valence-electron chi connectivity index (χ2n) is 4.93.